The molecular weight excluding hydrogens is 212 g/mol. The van der Waals surface area contributed by atoms with Gasteiger partial charge < -0.3 is 5.73 Å². The lowest BCUT2D eigenvalue weighted by Crippen LogP contribution is -2.16. The summed E-state index contributed by atoms with van der Waals surface area (Å²) in [5.74, 6) is -0.219. The van der Waals surface area contributed by atoms with Crippen molar-refractivity contribution in [1.82, 2.24) is 4.37 Å². The zero-order chi connectivity index (χ0) is 10.1. The Hall–Kier alpha value is -0.950. The van der Waals surface area contributed by atoms with Crippen molar-refractivity contribution in [2.45, 2.75) is 6.92 Å². The normalized spacial score (nSPS) is 11.5. The van der Waals surface area contributed by atoms with Crippen LogP contribution in [0.2, 0.25) is 0 Å². The largest absolute Gasteiger partial charge is 0.396 e. The molecule has 0 unspecified atom stereocenters. The molecule has 0 saturated heterocycles. The number of nitrogen functional groups attached to an aromatic ring is 1. The van der Waals surface area contributed by atoms with Crippen LogP contribution in [0.1, 0.15) is 16.6 Å². The quantitative estimate of drug-likeness (QED) is 0.774. The summed E-state index contributed by atoms with van der Waals surface area (Å²) in [6.45, 7) is 1.41. The number of hydrogen-bond donors (Lipinski definition) is 1. The molecule has 0 amide bonds. The minimum absolute atomic E-state index is 0.00171. The molecule has 1 rings (SSSR count). The van der Waals surface area contributed by atoms with Crippen molar-refractivity contribution in [2.24, 2.45) is 0 Å². The summed E-state index contributed by atoms with van der Waals surface area (Å²) in [6, 6.07) is 0. The van der Waals surface area contributed by atoms with Crippen molar-refractivity contribution in [3.05, 3.63) is 11.1 Å². The van der Waals surface area contributed by atoms with E-state index in [0.29, 0.717) is 0 Å². The Kier molecular flexibility index (Phi) is 2.67. The van der Waals surface area contributed by atoms with E-state index in [-0.39, 0.29) is 16.3 Å². The Bertz CT molecular complexity index is 421. The first-order chi connectivity index (χ1) is 5.99. The standard InChI is InChI=1S/C6H8N2O3S2/c1-2-13(10,11)6(9)5-4(7)3-8-12-5/h3H,2,7H2,1H3. The molecule has 5 nitrogen and oxygen atoms in total. The molecule has 1 aromatic rings. The van der Waals surface area contributed by atoms with Gasteiger partial charge in [-0.25, -0.2) is 8.42 Å². The third-order valence-electron chi connectivity index (χ3n) is 1.45. The van der Waals surface area contributed by atoms with Gasteiger partial charge in [-0.05, 0) is 11.5 Å². The molecule has 0 aliphatic heterocycles. The maximum absolute atomic E-state index is 11.3. The molecule has 0 aromatic carbocycles. The van der Waals surface area contributed by atoms with Gasteiger partial charge in [0.05, 0.1) is 17.6 Å². The average Bonchev–Trinajstić information content (AvgIpc) is 2.50. The summed E-state index contributed by atoms with van der Waals surface area (Å²) >= 11 is 0.796. The van der Waals surface area contributed by atoms with Gasteiger partial charge in [0.15, 0.2) is 0 Å². The monoisotopic (exact) mass is 220 g/mol. The lowest BCUT2D eigenvalue weighted by atomic mass is 10.4. The van der Waals surface area contributed by atoms with Gasteiger partial charge in [-0.15, -0.1) is 0 Å². The van der Waals surface area contributed by atoms with Gasteiger partial charge in [0.1, 0.15) is 4.88 Å². The molecule has 0 bridgehead atoms. The van der Waals surface area contributed by atoms with Crippen LogP contribution in [0.3, 0.4) is 0 Å². The molecule has 0 atom stereocenters. The molecule has 0 aliphatic rings. The second-order valence-electron chi connectivity index (χ2n) is 2.30. The van der Waals surface area contributed by atoms with Gasteiger partial charge in [0.25, 0.3) is 5.12 Å². The summed E-state index contributed by atoms with van der Waals surface area (Å²) in [7, 11) is -3.69. The van der Waals surface area contributed by atoms with Crippen molar-refractivity contribution >= 4 is 32.2 Å². The van der Waals surface area contributed by atoms with E-state index in [4.69, 9.17) is 5.73 Å². The van der Waals surface area contributed by atoms with E-state index >= 15 is 0 Å². The second-order valence-corrected chi connectivity index (χ2v) is 5.28. The van der Waals surface area contributed by atoms with Crippen LogP contribution in [-0.4, -0.2) is 23.7 Å². The molecule has 0 spiro atoms. The first-order valence-corrected chi connectivity index (χ1v) is 5.89. The maximum Gasteiger partial charge on any atom is 0.290 e. The van der Waals surface area contributed by atoms with Crippen molar-refractivity contribution < 1.29 is 13.2 Å². The molecule has 1 aromatic heterocycles. The minimum Gasteiger partial charge on any atom is -0.396 e. The van der Waals surface area contributed by atoms with Gasteiger partial charge in [-0.3, -0.25) is 4.79 Å². The minimum atomic E-state index is -3.69. The van der Waals surface area contributed by atoms with Crippen LogP contribution in [-0.2, 0) is 9.84 Å². The van der Waals surface area contributed by atoms with Gasteiger partial charge in [0, 0.05) is 0 Å². The highest BCUT2D eigenvalue weighted by Gasteiger charge is 2.25. The maximum atomic E-state index is 11.3. The van der Waals surface area contributed by atoms with Crippen LogP contribution >= 0.6 is 11.5 Å². The summed E-state index contributed by atoms with van der Waals surface area (Å²) < 4.78 is 25.9. The topological polar surface area (TPSA) is 90.1 Å². The lowest BCUT2D eigenvalue weighted by molar-refractivity contribution is 0.108. The molecule has 0 aliphatic carbocycles. The number of anilines is 1. The van der Waals surface area contributed by atoms with Crippen LogP contribution in [0.5, 0.6) is 0 Å². The van der Waals surface area contributed by atoms with E-state index in [1.165, 1.54) is 13.1 Å². The van der Waals surface area contributed by atoms with E-state index in [9.17, 15) is 13.2 Å². The van der Waals surface area contributed by atoms with E-state index in [1.54, 1.807) is 0 Å². The molecule has 13 heavy (non-hydrogen) atoms. The molecule has 0 saturated carbocycles. The molecule has 1 heterocycles. The first-order valence-electron chi connectivity index (χ1n) is 3.46. The fraction of sp³-hybridized carbons (Fsp3) is 0.333. The van der Waals surface area contributed by atoms with Crippen molar-refractivity contribution in [1.29, 1.82) is 0 Å². The number of rotatable bonds is 2. The number of carbonyl (C=O) groups excluding carboxylic acids is 1. The van der Waals surface area contributed by atoms with Gasteiger partial charge in [0.2, 0.25) is 9.84 Å². The van der Waals surface area contributed by atoms with Crippen molar-refractivity contribution in [3.8, 4) is 0 Å². The fourth-order valence-electron chi connectivity index (χ4n) is 0.675. The third-order valence-corrected chi connectivity index (χ3v) is 3.92. The molecule has 2 N–H and O–H groups in total. The highest BCUT2D eigenvalue weighted by atomic mass is 32.2. The molecule has 72 valence electrons. The number of hydrogen-bond acceptors (Lipinski definition) is 6. The highest BCUT2D eigenvalue weighted by Crippen LogP contribution is 2.18. The predicted octanol–water partition coefficient (Wildman–Crippen LogP) is 0.300. The lowest BCUT2D eigenvalue weighted by Gasteiger charge is -1.96. The van der Waals surface area contributed by atoms with Crippen LogP contribution in [0.25, 0.3) is 0 Å². The van der Waals surface area contributed by atoms with Crippen LogP contribution in [0.4, 0.5) is 5.69 Å². The Labute approximate surface area is 79.7 Å². The van der Waals surface area contributed by atoms with E-state index < -0.39 is 15.0 Å². The van der Waals surface area contributed by atoms with E-state index in [1.807, 2.05) is 0 Å². The van der Waals surface area contributed by atoms with E-state index in [0.717, 1.165) is 11.5 Å². The molecule has 0 fully saturated rings. The zero-order valence-corrected chi connectivity index (χ0v) is 8.48. The molecule has 0 radical (unpaired) electrons. The summed E-state index contributed by atoms with van der Waals surface area (Å²) in [4.78, 5) is 11.3. The Morgan fingerprint density at radius 3 is 2.69 bits per heavy atom. The Morgan fingerprint density at radius 1 is 1.69 bits per heavy atom. The van der Waals surface area contributed by atoms with Gasteiger partial charge >= 0.3 is 0 Å². The Balaban J connectivity index is 3.14. The summed E-state index contributed by atoms with van der Waals surface area (Å²) in [5.41, 5.74) is 5.47. The zero-order valence-electron chi connectivity index (χ0n) is 6.85. The number of sulfone groups is 1. The smallest absolute Gasteiger partial charge is 0.290 e. The summed E-state index contributed by atoms with van der Waals surface area (Å²) in [5, 5.41) is -0.935. The third kappa shape index (κ3) is 1.86. The SMILES string of the molecule is CCS(=O)(=O)C(=O)c1sncc1N. The number of nitrogens with zero attached hydrogens (tertiary/aromatic N) is 1. The summed E-state index contributed by atoms with van der Waals surface area (Å²) in [6.07, 6.45) is 1.27. The predicted molar refractivity (Wildman–Crippen MR) is 50.3 cm³/mol. The average molecular weight is 220 g/mol. The van der Waals surface area contributed by atoms with Crippen LogP contribution in [0.15, 0.2) is 6.20 Å². The van der Waals surface area contributed by atoms with Gasteiger partial charge in [-0.1, -0.05) is 6.92 Å². The fourth-order valence-corrected chi connectivity index (χ4v) is 2.33. The number of carbonyl (C=O) groups is 1. The first kappa shape index (κ1) is 10.1. The van der Waals surface area contributed by atoms with Crippen molar-refractivity contribution in [2.75, 3.05) is 11.5 Å². The Morgan fingerprint density at radius 2 is 2.31 bits per heavy atom. The number of aromatic nitrogens is 1. The highest BCUT2D eigenvalue weighted by molar-refractivity contribution is 8.06. The van der Waals surface area contributed by atoms with Crippen LogP contribution < -0.4 is 5.73 Å². The molecule has 7 heteroatoms. The molecular formula is C6H8N2O3S2. The van der Waals surface area contributed by atoms with Crippen LogP contribution in [0, 0.1) is 0 Å². The number of nitrogens with two attached hydrogens (primary N) is 1. The second kappa shape index (κ2) is 3.43. The van der Waals surface area contributed by atoms with Crippen molar-refractivity contribution in [3.63, 3.8) is 0 Å². The van der Waals surface area contributed by atoms with E-state index in [2.05, 4.69) is 4.37 Å². The van der Waals surface area contributed by atoms with Gasteiger partial charge in [-0.2, -0.15) is 4.37 Å².